The smallest absolute Gasteiger partial charge is 0.387 e. The Morgan fingerprint density at radius 3 is 2.73 bits per heavy atom. The van der Waals surface area contributed by atoms with Gasteiger partial charge in [0, 0.05) is 17.4 Å². The fourth-order valence-corrected chi connectivity index (χ4v) is 5.41. The first-order valence-electron chi connectivity index (χ1n) is 10.7. The average Bonchev–Trinajstić information content (AvgIpc) is 3.57. The van der Waals surface area contributed by atoms with E-state index in [1.807, 2.05) is 6.07 Å². The predicted octanol–water partition coefficient (Wildman–Crippen LogP) is 5.25. The van der Waals surface area contributed by atoms with Crippen LogP contribution in [0.2, 0.25) is 0 Å². The van der Waals surface area contributed by atoms with Gasteiger partial charge in [0.15, 0.2) is 5.17 Å². The Hall–Kier alpha value is -4.15. The van der Waals surface area contributed by atoms with E-state index in [1.165, 1.54) is 41.5 Å². The highest BCUT2D eigenvalue weighted by Crippen LogP contribution is 2.37. The maximum Gasteiger partial charge on any atom is 0.387 e. The fraction of sp³-hybridized carbons (Fsp3) is 0.167. The molecule has 190 valence electrons. The number of carbonyl (C=O) groups excluding carboxylic acids is 2. The van der Waals surface area contributed by atoms with E-state index in [0.29, 0.717) is 17.0 Å². The normalized spacial score (nSPS) is 14.2. The van der Waals surface area contributed by atoms with Crippen LogP contribution in [0.5, 0.6) is 5.75 Å². The molecule has 9 nitrogen and oxygen atoms in total. The summed E-state index contributed by atoms with van der Waals surface area (Å²) in [5.74, 6) is -0.688. The number of alkyl halides is 2. The van der Waals surface area contributed by atoms with Gasteiger partial charge < -0.3 is 19.6 Å². The molecule has 2 N–H and O–H groups in total. The predicted molar refractivity (Wildman–Crippen MR) is 135 cm³/mol. The number of anilines is 2. The van der Waals surface area contributed by atoms with Crippen LogP contribution in [-0.2, 0) is 15.3 Å². The number of aliphatic imine (C=N–C) groups is 1. The summed E-state index contributed by atoms with van der Waals surface area (Å²) in [7, 11) is 0. The fourth-order valence-electron chi connectivity index (χ4n) is 3.35. The number of rotatable bonds is 8. The van der Waals surface area contributed by atoms with E-state index >= 15 is 0 Å². The lowest BCUT2D eigenvalue weighted by Gasteiger charge is -2.18. The molecule has 0 fully saturated rings. The number of nitriles is 1. The number of benzene rings is 1. The first-order chi connectivity index (χ1) is 17.8. The molecule has 1 aliphatic rings. The van der Waals surface area contributed by atoms with Gasteiger partial charge in [0.25, 0.3) is 5.91 Å². The lowest BCUT2D eigenvalue weighted by molar-refractivity contribution is -0.113. The second-order valence-corrected chi connectivity index (χ2v) is 9.22. The number of nitrogen functional groups attached to an aromatic ring is 1. The van der Waals surface area contributed by atoms with Gasteiger partial charge >= 0.3 is 12.6 Å². The minimum absolute atomic E-state index is 0.0707. The van der Waals surface area contributed by atoms with Gasteiger partial charge in [-0.1, -0.05) is 11.8 Å². The number of thiophene rings is 1. The number of amides is 1. The molecule has 0 saturated heterocycles. The Bertz CT molecular complexity index is 1410. The summed E-state index contributed by atoms with van der Waals surface area (Å²) in [4.78, 5) is 31.7. The summed E-state index contributed by atoms with van der Waals surface area (Å²) in [5.41, 5.74) is 6.89. The largest absolute Gasteiger partial charge is 0.465 e. The highest BCUT2D eigenvalue weighted by Gasteiger charge is 2.33. The van der Waals surface area contributed by atoms with Crippen molar-refractivity contribution in [3.05, 3.63) is 70.1 Å². The zero-order valence-corrected chi connectivity index (χ0v) is 20.8. The van der Waals surface area contributed by atoms with Gasteiger partial charge in [-0.15, -0.1) is 11.3 Å². The van der Waals surface area contributed by atoms with Crippen molar-refractivity contribution in [2.24, 2.45) is 4.99 Å². The molecule has 13 heteroatoms. The molecule has 0 saturated carbocycles. The van der Waals surface area contributed by atoms with Crippen LogP contribution >= 0.6 is 23.1 Å². The Balaban J connectivity index is 1.68. The van der Waals surface area contributed by atoms with E-state index in [1.54, 1.807) is 19.1 Å². The van der Waals surface area contributed by atoms with E-state index in [2.05, 4.69) is 9.73 Å². The second kappa shape index (κ2) is 11.3. The van der Waals surface area contributed by atoms with Crippen molar-refractivity contribution < 1.29 is 32.3 Å². The van der Waals surface area contributed by atoms with Crippen LogP contribution in [0.15, 0.2) is 57.8 Å². The molecule has 0 atom stereocenters. The molecule has 0 unspecified atom stereocenters. The molecule has 3 heterocycles. The van der Waals surface area contributed by atoms with Gasteiger partial charge in [-0.2, -0.15) is 14.0 Å². The second-order valence-electron chi connectivity index (χ2n) is 7.22. The first-order valence-corrected chi connectivity index (χ1v) is 12.5. The van der Waals surface area contributed by atoms with Crippen LogP contribution in [0.4, 0.5) is 19.5 Å². The van der Waals surface area contributed by atoms with E-state index in [4.69, 9.17) is 14.9 Å². The minimum atomic E-state index is -2.99. The number of nitrogens with zero attached hydrogens (tertiary/aromatic N) is 3. The SMILES string of the molecule is CCOC(=O)c1sc(N)c(C#N)c1CSC1=NC(=Cc2ccco2)C(=O)N1c1ccc(OC(F)F)cc1. The topological polar surface area (TPSA) is 131 Å². The van der Waals surface area contributed by atoms with Gasteiger partial charge in [0.1, 0.15) is 33.2 Å². The van der Waals surface area contributed by atoms with Crippen molar-refractivity contribution in [1.29, 1.82) is 5.26 Å². The number of ether oxygens (including phenoxy) is 2. The Morgan fingerprint density at radius 1 is 1.35 bits per heavy atom. The molecule has 37 heavy (non-hydrogen) atoms. The minimum Gasteiger partial charge on any atom is -0.465 e. The molecule has 1 aromatic carbocycles. The summed E-state index contributed by atoms with van der Waals surface area (Å²) in [5, 5.41) is 10.0. The molecule has 0 aliphatic carbocycles. The number of halogens is 2. The van der Waals surface area contributed by atoms with Crippen molar-refractivity contribution in [2.45, 2.75) is 19.3 Å². The number of carbonyl (C=O) groups is 2. The number of hydrogen-bond donors (Lipinski definition) is 1. The average molecular weight is 545 g/mol. The van der Waals surface area contributed by atoms with Crippen LogP contribution in [-0.4, -0.2) is 30.3 Å². The standard InChI is InChI=1S/C24H18F2N4O5S2/c1-2-33-22(32)19-17(16(11-27)20(28)37-19)12-36-24-29-18(10-15-4-3-9-34-15)21(31)30(24)13-5-7-14(8-6-13)35-23(25)26/h3-10,23H,2,12,28H2,1H3. The van der Waals surface area contributed by atoms with Crippen molar-refractivity contribution in [2.75, 3.05) is 17.2 Å². The zero-order chi connectivity index (χ0) is 26.5. The van der Waals surface area contributed by atoms with Crippen LogP contribution in [0.25, 0.3) is 6.08 Å². The van der Waals surface area contributed by atoms with E-state index in [0.717, 1.165) is 23.1 Å². The first kappa shape index (κ1) is 25.9. The van der Waals surface area contributed by atoms with Gasteiger partial charge in [-0.25, -0.2) is 9.79 Å². The monoisotopic (exact) mass is 544 g/mol. The molecule has 1 amide bonds. The molecule has 1 aliphatic heterocycles. The quantitative estimate of drug-likeness (QED) is 0.301. The maximum atomic E-state index is 13.3. The van der Waals surface area contributed by atoms with Gasteiger partial charge in [0.05, 0.1) is 24.1 Å². The number of hydrogen-bond acceptors (Lipinski definition) is 10. The Kier molecular flexibility index (Phi) is 7.90. The highest BCUT2D eigenvalue weighted by atomic mass is 32.2. The third-order valence-corrected chi connectivity index (χ3v) is 6.93. The lowest BCUT2D eigenvalue weighted by atomic mass is 10.2. The number of furan rings is 1. The third kappa shape index (κ3) is 5.65. The number of amidine groups is 1. The van der Waals surface area contributed by atoms with Crippen LogP contribution in [0, 0.1) is 11.3 Å². The van der Waals surface area contributed by atoms with Crippen LogP contribution < -0.4 is 15.4 Å². The van der Waals surface area contributed by atoms with Gasteiger partial charge in [-0.05, 0) is 43.3 Å². The Morgan fingerprint density at radius 2 is 2.11 bits per heavy atom. The molecular weight excluding hydrogens is 526 g/mol. The molecule has 0 bridgehead atoms. The van der Waals surface area contributed by atoms with E-state index in [-0.39, 0.29) is 44.4 Å². The van der Waals surface area contributed by atoms with Crippen LogP contribution in [0.1, 0.15) is 33.5 Å². The lowest BCUT2D eigenvalue weighted by Crippen LogP contribution is -2.30. The van der Waals surface area contributed by atoms with Crippen molar-refractivity contribution in [3.8, 4) is 11.8 Å². The summed E-state index contributed by atoms with van der Waals surface area (Å²) in [6.07, 6.45) is 2.91. The van der Waals surface area contributed by atoms with Crippen molar-refractivity contribution in [3.63, 3.8) is 0 Å². The molecule has 0 radical (unpaired) electrons. The van der Waals surface area contributed by atoms with Gasteiger partial charge in [-0.3, -0.25) is 9.69 Å². The molecule has 3 aromatic rings. The van der Waals surface area contributed by atoms with E-state index in [9.17, 15) is 23.6 Å². The van der Waals surface area contributed by atoms with Gasteiger partial charge in [0.2, 0.25) is 0 Å². The number of thioether (sulfide) groups is 1. The van der Waals surface area contributed by atoms with Crippen LogP contribution in [0.3, 0.4) is 0 Å². The van der Waals surface area contributed by atoms with E-state index < -0.39 is 18.5 Å². The van der Waals surface area contributed by atoms with Crippen molar-refractivity contribution >= 4 is 56.9 Å². The Labute approximate surface area is 217 Å². The summed E-state index contributed by atoms with van der Waals surface area (Å²) >= 11 is 2.04. The zero-order valence-electron chi connectivity index (χ0n) is 19.1. The van der Waals surface area contributed by atoms with Crippen molar-refractivity contribution in [1.82, 2.24) is 0 Å². The highest BCUT2D eigenvalue weighted by molar-refractivity contribution is 8.13. The molecule has 2 aromatic heterocycles. The summed E-state index contributed by atoms with van der Waals surface area (Å²) < 4.78 is 39.9. The maximum absolute atomic E-state index is 13.3. The molecular formula is C24H18F2N4O5S2. The summed E-state index contributed by atoms with van der Waals surface area (Å²) in [6.45, 7) is -1.18. The number of nitrogens with two attached hydrogens (primary N) is 1. The third-order valence-electron chi connectivity index (χ3n) is 4.92. The molecule has 0 spiro atoms. The molecule has 4 rings (SSSR count). The summed E-state index contributed by atoms with van der Waals surface area (Å²) in [6, 6.07) is 10.8. The number of esters is 1.